The van der Waals surface area contributed by atoms with Gasteiger partial charge in [0.05, 0.1) is 4.92 Å². The molecule has 9 heteroatoms. The molecule has 0 aliphatic heterocycles. The Labute approximate surface area is 164 Å². The van der Waals surface area contributed by atoms with Crippen LogP contribution in [0.3, 0.4) is 0 Å². The van der Waals surface area contributed by atoms with E-state index in [0.717, 1.165) is 5.69 Å². The lowest BCUT2D eigenvalue weighted by Gasteiger charge is -2.11. The summed E-state index contributed by atoms with van der Waals surface area (Å²) in [5.41, 5.74) is 1.19. The Morgan fingerprint density at radius 2 is 1.41 bits per heavy atom. The van der Waals surface area contributed by atoms with E-state index in [4.69, 9.17) is 32.7 Å². The molecule has 0 aliphatic carbocycles. The largest absolute Gasteiger partial charge is 0.454 e. The van der Waals surface area contributed by atoms with Gasteiger partial charge in [-0.25, -0.2) is 9.97 Å². The van der Waals surface area contributed by atoms with Crippen molar-refractivity contribution in [3.63, 3.8) is 0 Å². The summed E-state index contributed by atoms with van der Waals surface area (Å²) in [7, 11) is 0. The zero-order chi connectivity index (χ0) is 19.6. The van der Waals surface area contributed by atoms with Crippen LogP contribution < -0.4 is 9.47 Å². The van der Waals surface area contributed by atoms with Crippen LogP contribution in [0.5, 0.6) is 23.0 Å². The number of hydrogen-bond donors (Lipinski definition) is 0. The number of hydrogen-bond acceptors (Lipinski definition) is 6. The first-order chi connectivity index (χ1) is 12.8. The lowest BCUT2D eigenvalue weighted by Crippen LogP contribution is -1.96. The second-order valence-corrected chi connectivity index (χ2v) is 6.29. The van der Waals surface area contributed by atoms with Crippen molar-refractivity contribution in [2.75, 3.05) is 0 Å². The number of aromatic nitrogens is 2. The lowest BCUT2D eigenvalue weighted by molar-refractivity contribution is -0.385. The summed E-state index contributed by atoms with van der Waals surface area (Å²) in [6, 6.07) is 10.8. The number of nitro benzene ring substituents is 1. The second-order valence-electron chi connectivity index (χ2n) is 5.57. The number of halogens is 2. The van der Waals surface area contributed by atoms with Crippen LogP contribution in [0.25, 0.3) is 0 Å². The molecule has 0 amide bonds. The van der Waals surface area contributed by atoms with E-state index >= 15 is 0 Å². The first kappa shape index (κ1) is 18.9. The fraction of sp³-hybridized carbons (Fsp3) is 0.111. The second kappa shape index (κ2) is 7.77. The number of aryl methyl sites for hydroxylation is 2. The average molecular weight is 406 g/mol. The van der Waals surface area contributed by atoms with Crippen molar-refractivity contribution in [1.82, 2.24) is 9.97 Å². The smallest absolute Gasteiger partial charge is 0.311 e. The number of pyridine rings is 2. The number of ether oxygens (including phenoxy) is 2. The Hall–Kier alpha value is -2.90. The van der Waals surface area contributed by atoms with E-state index in [1.165, 1.54) is 18.2 Å². The molecule has 2 aromatic heterocycles. The van der Waals surface area contributed by atoms with Gasteiger partial charge < -0.3 is 9.47 Å². The SMILES string of the molecule is Cc1ccc(Oc2ccc([N+](=O)[O-])c(Oc3ccc(C)nc3Cl)c2)c(Cl)n1. The van der Waals surface area contributed by atoms with Gasteiger partial charge in [0.15, 0.2) is 21.8 Å². The van der Waals surface area contributed by atoms with Gasteiger partial charge in [0, 0.05) is 23.5 Å². The van der Waals surface area contributed by atoms with Crippen molar-refractivity contribution in [3.05, 3.63) is 74.3 Å². The number of benzene rings is 1. The fourth-order valence-electron chi connectivity index (χ4n) is 2.21. The Morgan fingerprint density at radius 1 is 0.852 bits per heavy atom. The zero-order valence-corrected chi connectivity index (χ0v) is 15.8. The number of nitro groups is 1. The molecule has 0 saturated carbocycles. The van der Waals surface area contributed by atoms with Gasteiger partial charge in [0.1, 0.15) is 5.75 Å². The van der Waals surface area contributed by atoms with Crippen LogP contribution in [0.15, 0.2) is 42.5 Å². The highest BCUT2D eigenvalue weighted by atomic mass is 35.5. The van der Waals surface area contributed by atoms with Crippen LogP contribution in [0.4, 0.5) is 5.69 Å². The van der Waals surface area contributed by atoms with Crippen molar-refractivity contribution in [2.45, 2.75) is 13.8 Å². The third-order valence-electron chi connectivity index (χ3n) is 3.48. The summed E-state index contributed by atoms with van der Waals surface area (Å²) in [6.07, 6.45) is 0. The topological polar surface area (TPSA) is 87.4 Å². The molecule has 0 unspecified atom stereocenters. The van der Waals surface area contributed by atoms with Crippen molar-refractivity contribution in [2.24, 2.45) is 0 Å². The van der Waals surface area contributed by atoms with Crippen LogP contribution in [0.1, 0.15) is 11.4 Å². The molecular weight excluding hydrogens is 393 g/mol. The average Bonchev–Trinajstić information content (AvgIpc) is 2.60. The lowest BCUT2D eigenvalue weighted by atomic mass is 10.2. The van der Waals surface area contributed by atoms with Crippen molar-refractivity contribution in [3.8, 4) is 23.0 Å². The number of nitrogens with zero attached hydrogens (tertiary/aromatic N) is 3. The summed E-state index contributed by atoms with van der Waals surface area (Å²) in [5.74, 6) is 0.759. The summed E-state index contributed by atoms with van der Waals surface area (Å²) in [4.78, 5) is 18.9. The quantitative estimate of drug-likeness (QED) is 0.298. The van der Waals surface area contributed by atoms with Gasteiger partial charge in [-0.2, -0.15) is 0 Å². The molecule has 27 heavy (non-hydrogen) atoms. The highest BCUT2D eigenvalue weighted by molar-refractivity contribution is 6.31. The summed E-state index contributed by atoms with van der Waals surface area (Å²) in [6.45, 7) is 3.57. The summed E-state index contributed by atoms with van der Waals surface area (Å²) in [5, 5.41) is 11.6. The van der Waals surface area contributed by atoms with E-state index in [0.29, 0.717) is 17.2 Å². The van der Waals surface area contributed by atoms with E-state index in [2.05, 4.69) is 9.97 Å². The van der Waals surface area contributed by atoms with Crippen LogP contribution >= 0.6 is 23.2 Å². The summed E-state index contributed by atoms with van der Waals surface area (Å²) >= 11 is 12.1. The maximum atomic E-state index is 11.3. The molecule has 7 nitrogen and oxygen atoms in total. The highest BCUT2D eigenvalue weighted by Gasteiger charge is 2.19. The molecular formula is C18H13Cl2N3O4. The van der Waals surface area contributed by atoms with Crippen LogP contribution in [-0.2, 0) is 0 Å². The maximum absolute atomic E-state index is 11.3. The molecule has 0 saturated heterocycles. The van der Waals surface area contributed by atoms with Gasteiger partial charge in [0.25, 0.3) is 0 Å². The standard InChI is InChI=1S/C18H13Cl2N3O4/c1-10-3-7-14(17(19)21-10)26-12-5-6-13(23(24)25)16(9-12)27-15-8-4-11(2)22-18(15)20/h3-9H,1-2H3. The minimum Gasteiger partial charge on any atom is -0.454 e. The molecule has 0 radical (unpaired) electrons. The van der Waals surface area contributed by atoms with Crippen LogP contribution in [0, 0.1) is 24.0 Å². The molecule has 2 heterocycles. The van der Waals surface area contributed by atoms with Gasteiger partial charge in [-0.05, 0) is 44.2 Å². The molecule has 0 spiro atoms. The molecule has 0 fully saturated rings. The molecule has 0 bridgehead atoms. The van der Waals surface area contributed by atoms with Gasteiger partial charge in [-0.1, -0.05) is 23.2 Å². The first-order valence-corrected chi connectivity index (χ1v) is 8.49. The molecule has 0 atom stereocenters. The Kier molecular flexibility index (Phi) is 5.43. The molecule has 138 valence electrons. The molecule has 1 aromatic carbocycles. The summed E-state index contributed by atoms with van der Waals surface area (Å²) < 4.78 is 11.3. The zero-order valence-electron chi connectivity index (χ0n) is 14.3. The van der Waals surface area contributed by atoms with E-state index < -0.39 is 4.92 Å². The predicted octanol–water partition coefficient (Wildman–Crippen LogP) is 5.89. The minimum absolute atomic E-state index is 0.0405. The number of rotatable bonds is 5. The molecule has 3 rings (SSSR count). The van der Waals surface area contributed by atoms with Gasteiger partial charge in [-0.15, -0.1) is 0 Å². The monoisotopic (exact) mass is 405 g/mol. The predicted molar refractivity (Wildman–Crippen MR) is 101 cm³/mol. The van der Waals surface area contributed by atoms with E-state index in [-0.39, 0.29) is 27.5 Å². The normalized spacial score (nSPS) is 10.5. The third kappa shape index (κ3) is 4.45. The Bertz CT molecular complexity index is 1030. The molecule has 0 N–H and O–H groups in total. The van der Waals surface area contributed by atoms with Crippen LogP contribution in [0.2, 0.25) is 10.3 Å². The van der Waals surface area contributed by atoms with Crippen molar-refractivity contribution < 1.29 is 14.4 Å². The maximum Gasteiger partial charge on any atom is 0.311 e. The van der Waals surface area contributed by atoms with E-state index in [9.17, 15) is 10.1 Å². The Morgan fingerprint density at radius 3 is 1.93 bits per heavy atom. The van der Waals surface area contributed by atoms with Crippen LogP contribution in [-0.4, -0.2) is 14.9 Å². The Balaban J connectivity index is 1.96. The van der Waals surface area contributed by atoms with Gasteiger partial charge in [-0.3, -0.25) is 10.1 Å². The van der Waals surface area contributed by atoms with E-state index in [1.807, 2.05) is 0 Å². The van der Waals surface area contributed by atoms with E-state index in [1.54, 1.807) is 38.1 Å². The van der Waals surface area contributed by atoms with Gasteiger partial charge >= 0.3 is 5.69 Å². The van der Waals surface area contributed by atoms with Crippen molar-refractivity contribution >= 4 is 28.9 Å². The van der Waals surface area contributed by atoms with Crippen molar-refractivity contribution in [1.29, 1.82) is 0 Å². The first-order valence-electron chi connectivity index (χ1n) is 7.74. The van der Waals surface area contributed by atoms with Gasteiger partial charge in [0.2, 0.25) is 5.75 Å². The molecule has 0 aliphatic rings. The fourth-order valence-corrected chi connectivity index (χ4v) is 2.68. The molecule has 3 aromatic rings. The minimum atomic E-state index is -0.560. The highest BCUT2D eigenvalue weighted by Crippen LogP contribution is 2.38. The third-order valence-corrected chi connectivity index (χ3v) is 4.02.